The fourth-order valence-corrected chi connectivity index (χ4v) is 2.92. The minimum absolute atomic E-state index is 0.641. The fourth-order valence-electron chi connectivity index (χ4n) is 2.68. The molecule has 2 aromatic carbocycles. The van der Waals surface area contributed by atoms with Crippen molar-refractivity contribution in [3.05, 3.63) is 77.3 Å². The van der Waals surface area contributed by atoms with E-state index >= 15 is 0 Å². The second kappa shape index (κ2) is 5.94. The first-order valence-corrected chi connectivity index (χ1v) is 8.01. The maximum Gasteiger partial charge on any atom is 0.201 e. The molecule has 0 radical (unpaired) electrons. The molecule has 4 aromatic rings. The molecule has 0 N–H and O–H groups in total. The highest BCUT2D eigenvalue weighted by Gasteiger charge is 2.07. The van der Waals surface area contributed by atoms with Crippen LogP contribution in [0.4, 0.5) is 0 Å². The number of para-hydroxylation sites is 2. The molecule has 0 aliphatic carbocycles. The Hall–Kier alpha value is -2.92. The van der Waals surface area contributed by atoms with Crippen molar-refractivity contribution in [1.29, 1.82) is 0 Å². The van der Waals surface area contributed by atoms with Gasteiger partial charge in [0.05, 0.1) is 17.2 Å². The Bertz CT molecular complexity index is 1090. The zero-order valence-electron chi connectivity index (χ0n) is 13.1. The van der Waals surface area contributed by atoms with Gasteiger partial charge >= 0.3 is 0 Å². The van der Waals surface area contributed by atoms with Crippen LogP contribution in [0.15, 0.2) is 76.2 Å². The van der Waals surface area contributed by atoms with Gasteiger partial charge < -0.3 is 8.98 Å². The van der Waals surface area contributed by atoms with E-state index in [-0.39, 0.29) is 0 Å². The van der Waals surface area contributed by atoms with Crippen molar-refractivity contribution in [3.63, 3.8) is 0 Å². The molecule has 0 bridgehead atoms. The summed E-state index contributed by atoms with van der Waals surface area (Å²) in [5.41, 5.74) is 3.05. The number of nitrogens with zero attached hydrogens (tertiary/aromatic N) is 3. The Morgan fingerprint density at radius 1 is 0.917 bits per heavy atom. The normalized spacial score (nSPS) is 11.5. The molecule has 0 saturated carbocycles. The molecule has 0 unspecified atom stereocenters. The molecule has 5 heteroatoms. The van der Waals surface area contributed by atoms with Crippen molar-refractivity contribution < 1.29 is 4.42 Å². The SMILES string of the molecule is Cn1c(=S)n(N=Cc2ccc(-c3ccccc3)o2)c2ccccc21. The zero-order valence-corrected chi connectivity index (χ0v) is 13.9. The number of aromatic nitrogens is 2. The quantitative estimate of drug-likeness (QED) is 0.397. The van der Waals surface area contributed by atoms with Crippen molar-refractivity contribution in [3.8, 4) is 11.3 Å². The van der Waals surface area contributed by atoms with E-state index in [1.807, 2.05) is 78.3 Å². The van der Waals surface area contributed by atoms with Crippen LogP contribution in [0.2, 0.25) is 0 Å². The van der Waals surface area contributed by atoms with Crippen LogP contribution in [-0.2, 0) is 7.05 Å². The van der Waals surface area contributed by atoms with Crippen molar-refractivity contribution in [2.24, 2.45) is 12.1 Å². The molecule has 0 spiro atoms. The van der Waals surface area contributed by atoms with Crippen molar-refractivity contribution >= 4 is 29.5 Å². The van der Waals surface area contributed by atoms with Crippen molar-refractivity contribution in [2.75, 3.05) is 0 Å². The minimum atomic E-state index is 0.641. The van der Waals surface area contributed by atoms with Gasteiger partial charge in [0, 0.05) is 12.6 Å². The number of furan rings is 1. The van der Waals surface area contributed by atoms with E-state index in [0.717, 1.165) is 22.4 Å². The summed E-state index contributed by atoms with van der Waals surface area (Å²) in [6.07, 6.45) is 1.69. The van der Waals surface area contributed by atoms with Crippen LogP contribution in [0.25, 0.3) is 22.4 Å². The lowest BCUT2D eigenvalue weighted by atomic mass is 10.2. The van der Waals surface area contributed by atoms with Crippen LogP contribution >= 0.6 is 12.2 Å². The molecule has 0 aliphatic rings. The first-order chi connectivity index (χ1) is 11.7. The predicted octanol–water partition coefficient (Wildman–Crippen LogP) is 4.85. The molecule has 24 heavy (non-hydrogen) atoms. The molecule has 118 valence electrons. The maximum absolute atomic E-state index is 5.85. The highest BCUT2D eigenvalue weighted by atomic mass is 32.1. The van der Waals surface area contributed by atoms with Crippen LogP contribution in [0.3, 0.4) is 0 Å². The maximum atomic E-state index is 5.85. The van der Waals surface area contributed by atoms with Gasteiger partial charge in [0.25, 0.3) is 0 Å². The van der Waals surface area contributed by atoms with E-state index in [4.69, 9.17) is 16.6 Å². The smallest absolute Gasteiger partial charge is 0.201 e. The topological polar surface area (TPSA) is 35.4 Å². The first kappa shape index (κ1) is 14.7. The summed E-state index contributed by atoms with van der Waals surface area (Å²) in [6, 6.07) is 21.8. The van der Waals surface area contributed by atoms with Crippen LogP contribution in [0.5, 0.6) is 0 Å². The van der Waals surface area contributed by atoms with E-state index in [2.05, 4.69) is 5.10 Å². The number of imidazole rings is 1. The third-order valence-electron chi connectivity index (χ3n) is 3.92. The minimum Gasteiger partial charge on any atom is -0.455 e. The van der Waals surface area contributed by atoms with Crippen LogP contribution in [-0.4, -0.2) is 15.5 Å². The first-order valence-electron chi connectivity index (χ1n) is 7.60. The number of rotatable bonds is 3. The molecule has 0 aliphatic heterocycles. The van der Waals surface area contributed by atoms with Crippen LogP contribution in [0, 0.1) is 4.77 Å². The summed E-state index contributed by atoms with van der Waals surface area (Å²) in [5, 5.41) is 4.50. The largest absolute Gasteiger partial charge is 0.455 e. The summed E-state index contributed by atoms with van der Waals surface area (Å²) in [4.78, 5) is 0. The number of fused-ring (bicyclic) bond motifs is 1. The molecular weight excluding hydrogens is 318 g/mol. The average molecular weight is 333 g/mol. The van der Waals surface area contributed by atoms with Gasteiger partial charge in [-0.05, 0) is 36.5 Å². The van der Waals surface area contributed by atoms with Crippen molar-refractivity contribution in [2.45, 2.75) is 0 Å². The third-order valence-corrected chi connectivity index (χ3v) is 4.37. The van der Waals surface area contributed by atoms with Gasteiger partial charge in [0.2, 0.25) is 4.77 Å². The third kappa shape index (κ3) is 2.49. The summed E-state index contributed by atoms with van der Waals surface area (Å²) in [6.45, 7) is 0. The van der Waals surface area contributed by atoms with Crippen LogP contribution in [0.1, 0.15) is 5.76 Å². The predicted molar refractivity (Wildman–Crippen MR) is 98.9 cm³/mol. The van der Waals surface area contributed by atoms with Gasteiger partial charge in [-0.25, -0.2) is 4.68 Å². The summed E-state index contributed by atoms with van der Waals surface area (Å²) in [5.74, 6) is 1.50. The molecule has 2 heterocycles. The number of benzene rings is 2. The van der Waals surface area contributed by atoms with E-state index in [0.29, 0.717) is 10.5 Å². The lowest BCUT2D eigenvalue weighted by Crippen LogP contribution is -1.92. The number of hydrogen-bond acceptors (Lipinski definition) is 3. The monoisotopic (exact) mass is 333 g/mol. The van der Waals surface area contributed by atoms with Crippen molar-refractivity contribution in [1.82, 2.24) is 9.24 Å². The lowest BCUT2D eigenvalue weighted by Gasteiger charge is -1.96. The fraction of sp³-hybridized carbons (Fsp3) is 0.0526. The van der Waals surface area contributed by atoms with E-state index in [9.17, 15) is 0 Å². The molecule has 4 nitrogen and oxygen atoms in total. The molecule has 0 fully saturated rings. The number of aryl methyl sites for hydroxylation is 1. The summed E-state index contributed by atoms with van der Waals surface area (Å²) >= 11 is 5.47. The van der Waals surface area contributed by atoms with E-state index < -0.39 is 0 Å². The second-order valence-corrected chi connectivity index (χ2v) is 5.82. The molecular formula is C19H15N3OS. The summed E-state index contributed by atoms with van der Waals surface area (Å²) in [7, 11) is 1.94. The van der Waals surface area contributed by atoms with E-state index in [1.54, 1.807) is 10.9 Å². The average Bonchev–Trinajstić information content (AvgIpc) is 3.19. The Kier molecular flexibility index (Phi) is 3.63. The van der Waals surface area contributed by atoms with Crippen LogP contribution < -0.4 is 0 Å². The Morgan fingerprint density at radius 3 is 2.42 bits per heavy atom. The van der Waals surface area contributed by atoms with Gasteiger partial charge in [-0.3, -0.25) is 0 Å². The number of hydrogen-bond donors (Lipinski definition) is 0. The molecule has 2 aromatic heterocycles. The van der Waals surface area contributed by atoms with Gasteiger partial charge in [-0.15, -0.1) is 0 Å². The Morgan fingerprint density at radius 2 is 1.62 bits per heavy atom. The lowest BCUT2D eigenvalue weighted by molar-refractivity contribution is 0.574. The molecule has 0 amide bonds. The zero-order chi connectivity index (χ0) is 16.5. The summed E-state index contributed by atoms with van der Waals surface area (Å²) < 4.78 is 10.2. The standard InChI is InChI=1S/C19H15N3OS/c1-21-16-9-5-6-10-17(16)22(19(21)24)20-13-15-11-12-18(23-15)14-7-3-2-4-8-14/h2-13H,1H3. The van der Waals surface area contributed by atoms with Gasteiger partial charge in [0.1, 0.15) is 11.5 Å². The van der Waals surface area contributed by atoms with Gasteiger partial charge in [0.15, 0.2) is 0 Å². The Labute approximate surface area is 144 Å². The molecule has 0 saturated heterocycles. The Balaban J connectivity index is 1.71. The second-order valence-electron chi connectivity index (χ2n) is 5.45. The van der Waals surface area contributed by atoms with Gasteiger partial charge in [-0.1, -0.05) is 42.5 Å². The highest BCUT2D eigenvalue weighted by molar-refractivity contribution is 7.71. The highest BCUT2D eigenvalue weighted by Crippen LogP contribution is 2.21. The molecule has 0 atom stereocenters. The molecule has 4 rings (SSSR count). The van der Waals surface area contributed by atoms with E-state index in [1.165, 1.54) is 0 Å². The van der Waals surface area contributed by atoms with Gasteiger partial charge in [-0.2, -0.15) is 5.10 Å².